The lowest BCUT2D eigenvalue weighted by molar-refractivity contribution is -0.250. The molecule has 2 aromatic carbocycles. The van der Waals surface area contributed by atoms with Crippen LogP contribution >= 0.6 is 12.4 Å². The highest BCUT2D eigenvalue weighted by molar-refractivity contribution is 5.95. The summed E-state index contributed by atoms with van der Waals surface area (Å²) in [6, 6.07) is 6.86. The number of amides is 1. The maximum atomic E-state index is 12.6. The molecule has 386 valence electrons. The van der Waals surface area contributed by atoms with Crippen LogP contribution in [0.3, 0.4) is 0 Å². The van der Waals surface area contributed by atoms with Gasteiger partial charge in [-0.05, 0) is 29.7 Å². The Morgan fingerprint density at radius 3 is 1.86 bits per heavy atom. The van der Waals surface area contributed by atoms with E-state index in [0.717, 1.165) is 0 Å². The number of aldehydes is 1. The van der Waals surface area contributed by atoms with Gasteiger partial charge >= 0.3 is 35.8 Å². The van der Waals surface area contributed by atoms with E-state index in [0.29, 0.717) is 50.7 Å². The van der Waals surface area contributed by atoms with Crippen LogP contribution in [0.5, 0.6) is 11.5 Å². The van der Waals surface area contributed by atoms with Gasteiger partial charge in [0.15, 0.2) is 6.23 Å². The van der Waals surface area contributed by atoms with Gasteiger partial charge < -0.3 is 90.4 Å². The minimum absolute atomic E-state index is 0. The van der Waals surface area contributed by atoms with Crippen molar-refractivity contribution in [1.29, 1.82) is 0 Å². The van der Waals surface area contributed by atoms with E-state index >= 15 is 0 Å². The van der Waals surface area contributed by atoms with E-state index < -0.39 is 104 Å². The molecule has 0 saturated carbocycles. The lowest BCUT2D eigenvalue weighted by Crippen LogP contribution is -2.56. The molecule has 0 radical (unpaired) electrons. The Kier molecular flexibility index (Phi) is 23.5. The minimum Gasteiger partial charge on any atom is -0.495 e. The average Bonchev–Trinajstić information content (AvgIpc) is 3.85. The summed E-state index contributed by atoms with van der Waals surface area (Å²) < 4.78 is 27.8. The molecule has 1 unspecified atom stereocenters. The number of aromatic nitrogens is 2. The number of carbonyl (C=O) groups excluding carboxylic acids is 4. The van der Waals surface area contributed by atoms with E-state index in [4.69, 9.17) is 40.4 Å². The number of para-hydroxylation sites is 2. The number of carbonyl (C=O) groups is 8. The van der Waals surface area contributed by atoms with Crippen molar-refractivity contribution in [2.45, 2.75) is 87.3 Å². The van der Waals surface area contributed by atoms with Crippen LogP contribution in [0.4, 0.5) is 0 Å². The number of rotatable bonds is 21. The van der Waals surface area contributed by atoms with Gasteiger partial charge in [-0.15, -0.1) is 12.4 Å². The molecule has 1 aliphatic heterocycles. The highest BCUT2D eigenvalue weighted by atomic mass is 35.5. The number of hydrogen-bond donors (Lipinski definition) is 11. The zero-order valence-corrected chi connectivity index (χ0v) is 38.8. The van der Waals surface area contributed by atoms with E-state index in [1.807, 2.05) is 0 Å². The molecule has 1 fully saturated rings. The number of fused-ring (bicyclic) bond motifs is 2. The first kappa shape index (κ1) is 59.1. The Hall–Kier alpha value is -7.07. The average molecular weight is 1010 g/mol. The van der Waals surface area contributed by atoms with Crippen molar-refractivity contribution in [3.8, 4) is 11.5 Å². The number of nitrogens with two attached hydrogens (primary N) is 1. The molecular weight excluding hydrogens is 958 g/mol. The number of nitrogens with one attached hydrogen (secondary N) is 2. The molecule has 3 heterocycles. The van der Waals surface area contributed by atoms with Crippen molar-refractivity contribution in [1.82, 2.24) is 14.6 Å². The van der Waals surface area contributed by atoms with Gasteiger partial charge in [-0.2, -0.15) is 0 Å². The topological polar surface area (TPSA) is 404 Å². The summed E-state index contributed by atoms with van der Waals surface area (Å²) in [4.78, 5) is 88.8. The molecule has 27 heteroatoms. The maximum absolute atomic E-state index is 12.6. The third-order valence-corrected chi connectivity index (χ3v) is 10.3. The number of carboxylic acid groups (broad SMARTS) is 4. The number of methoxy groups -OCH3 is 4. The molecule has 5 rings (SSSR count). The Morgan fingerprint density at radius 1 is 0.771 bits per heavy atom. The number of benzene rings is 2. The number of esters is 2. The number of halogens is 1. The van der Waals surface area contributed by atoms with Crippen LogP contribution in [-0.4, -0.2) is 176 Å². The van der Waals surface area contributed by atoms with Crippen LogP contribution < -0.4 is 25.9 Å². The maximum Gasteiger partial charge on any atom is 0.326 e. The Labute approximate surface area is 403 Å². The fourth-order valence-corrected chi connectivity index (χ4v) is 6.97. The molecule has 0 bridgehead atoms. The van der Waals surface area contributed by atoms with Crippen molar-refractivity contribution in [3.63, 3.8) is 0 Å². The standard InChI is InChI=1S/C21H26N2O11.C16H18N2O6.C6H11NO4.ClH/c1-33-12-4-2-3-10-9(5-14(25)22-11(21(31)32)6-15(26)27)7-23(16(10)12)20-19(30)18(29)17(28)13(8-24)34-20;1-24-13-4-2-3-12-10(7-15(22)23)8-18(16(12)13)17-11(9-19)5-6-14(20)21;1-10-5(8)3-4(7)6(9)11-2;/h2-4,7,11,13,17-20,24,28-30H,5-6,8H2,1H3,(H,22,25)(H,26,27)(H,31,32);2-4,8-9,11,17H,5-7H2,1H3,(H,20,21)(H,22,23);4H,3,7H2,1-2H3;1H/t11-,13-,17-,18+,19-,20-;11-;;/m10../s1. The molecule has 2 aromatic heterocycles. The van der Waals surface area contributed by atoms with Crippen LogP contribution in [0.15, 0.2) is 48.8 Å². The molecule has 1 amide bonds. The van der Waals surface area contributed by atoms with Crippen LogP contribution in [0.2, 0.25) is 0 Å². The van der Waals surface area contributed by atoms with E-state index in [1.54, 1.807) is 42.6 Å². The summed E-state index contributed by atoms with van der Waals surface area (Å²) in [6.45, 7) is -0.632. The summed E-state index contributed by atoms with van der Waals surface area (Å²) in [7, 11) is 5.32. The van der Waals surface area contributed by atoms with Gasteiger partial charge in [-0.25, -0.2) is 4.79 Å². The molecule has 4 aromatic rings. The highest BCUT2D eigenvalue weighted by Crippen LogP contribution is 2.37. The molecular formula is C43H56ClN5O21. The van der Waals surface area contributed by atoms with E-state index in [9.17, 15) is 58.8 Å². The summed E-state index contributed by atoms with van der Waals surface area (Å²) >= 11 is 0. The number of carboxylic acids is 4. The van der Waals surface area contributed by atoms with Crippen molar-refractivity contribution >= 4 is 82.2 Å². The quantitative estimate of drug-likeness (QED) is 0.0350. The van der Waals surface area contributed by atoms with Gasteiger partial charge in [0.05, 0.1) is 72.3 Å². The summed E-state index contributed by atoms with van der Waals surface area (Å²) in [6.07, 6.45) is -5.13. The Morgan fingerprint density at radius 2 is 1.36 bits per heavy atom. The van der Waals surface area contributed by atoms with Crippen molar-refractivity contribution in [2.75, 3.05) is 40.5 Å². The monoisotopic (exact) mass is 1010 g/mol. The molecule has 26 nitrogen and oxygen atoms in total. The second kappa shape index (κ2) is 27.8. The van der Waals surface area contributed by atoms with Gasteiger partial charge in [-0.1, -0.05) is 24.3 Å². The van der Waals surface area contributed by atoms with Gasteiger partial charge in [-0.3, -0.25) is 33.4 Å². The number of ether oxygens (including phenoxy) is 5. The molecule has 0 aliphatic carbocycles. The smallest absolute Gasteiger partial charge is 0.326 e. The third-order valence-electron chi connectivity index (χ3n) is 10.3. The highest BCUT2D eigenvalue weighted by Gasteiger charge is 2.45. The molecule has 1 aliphatic rings. The van der Waals surface area contributed by atoms with Gasteiger partial charge in [0.2, 0.25) is 5.91 Å². The zero-order chi connectivity index (χ0) is 51.7. The van der Waals surface area contributed by atoms with E-state index in [-0.39, 0.29) is 44.5 Å². The van der Waals surface area contributed by atoms with Crippen LogP contribution in [0.25, 0.3) is 21.8 Å². The normalized spacial score (nSPS) is 18.4. The van der Waals surface area contributed by atoms with Crippen molar-refractivity contribution < 1.29 is 103 Å². The molecule has 1 saturated heterocycles. The van der Waals surface area contributed by atoms with Crippen molar-refractivity contribution in [2.24, 2.45) is 5.73 Å². The first-order valence-electron chi connectivity index (χ1n) is 20.6. The number of aliphatic hydroxyl groups excluding tert-OH is 4. The zero-order valence-electron chi connectivity index (χ0n) is 38.0. The molecule has 8 atom stereocenters. The second-order valence-electron chi connectivity index (χ2n) is 15.0. The number of aliphatic hydroxyl groups is 4. The molecule has 70 heavy (non-hydrogen) atoms. The fraction of sp³-hybridized carbons (Fsp3) is 0.442. The second-order valence-corrected chi connectivity index (χ2v) is 15.0. The van der Waals surface area contributed by atoms with Gasteiger partial charge in [0, 0.05) is 29.6 Å². The van der Waals surface area contributed by atoms with Crippen molar-refractivity contribution in [3.05, 3.63) is 59.9 Å². The number of aliphatic carboxylic acids is 4. The predicted octanol–water partition coefficient (Wildman–Crippen LogP) is -1.07. The van der Waals surface area contributed by atoms with Crippen LogP contribution in [-0.2, 0) is 65.4 Å². The van der Waals surface area contributed by atoms with Gasteiger partial charge in [0.1, 0.15) is 59.8 Å². The predicted molar refractivity (Wildman–Crippen MR) is 243 cm³/mol. The number of nitrogens with zero attached hydrogens (tertiary/aromatic N) is 2. The fourth-order valence-electron chi connectivity index (χ4n) is 6.97. The number of hydrogen-bond acceptors (Lipinski definition) is 19. The first-order chi connectivity index (χ1) is 32.7. The summed E-state index contributed by atoms with van der Waals surface area (Å²) in [5.74, 6) is -5.92. The van der Waals surface area contributed by atoms with E-state index in [2.05, 4.69) is 20.2 Å². The summed E-state index contributed by atoms with van der Waals surface area (Å²) in [5.41, 5.74) is 10.0. The molecule has 12 N–H and O–H groups in total. The summed E-state index contributed by atoms with van der Waals surface area (Å²) in [5, 5.41) is 79.5. The lowest BCUT2D eigenvalue weighted by atomic mass is 9.98. The van der Waals surface area contributed by atoms with Crippen LogP contribution in [0, 0.1) is 0 Å². The SMILES string of the molecule is COC(=O)CC(N)C(=O)OC.COc1cccc2c(CC(=O)N[C@H](CC(=O)O)C(=O)O)cn([C@@H]3O[C@H](CO)[C@@H](O)[C@H](O)[C@H]3O)c12.COc1cccc2c(CC(=O)O)cn(N[C@H](C=O)CCC(=O)O)c12.Cl. The lowest BCUT2D eigenvalue weighted by Gasteiger charge is -2.40. The molecule has 0 spiro atoms. The van der Waals surface area contributed by atoms with Crippen LogP contribution in [0.1, 0.15) is 43.0 Å². The third kappa shape index (κ3) is 15.7. The van der Waals surface area contributed by atoms with Gasteiger partial charge in [0.25, 0.3) is 0 Å². The largest absolute Gasteiger partial charge is 0.495 e. The minimum atomic E-state index is -1.64. The van der Waals surface area contributed by atoms with E-state index in [1.165, 1.54) is 43.9 Å². The first-order valence-corrected chi connectivity index (χ1v) is 20.6. The Bertz CT molecular complexity index is 2460. The Balaban J connectivity index is 0.000000405.